The van der Waals surface area contributed by atoms with Crippen molar-refractivity contribution in [1.29, 1.82) is 0 Å². The lowest BCUT2D eigenvalue weighted by atomic mass is 10.3. The zero-order chi connectivity index (χ0) is 9.94. The van der Waals surface area contributed by atoms with Crippen LogP contribution in [0.5, 0.6) is 0 Å². The molecule has 0 saturated heterocycles. The number of carbonyl (C=O) groups excluding carboxylic acids is 1. The molecule has 0 aliphatic rings. The van der Waals surface area contributed by atoms with Crippen molar-refractivity contribution < 1.29 is 27.5 Å². The molecule has 0 heterocycles. The first-order chi connectivity index (χ1) is 5.33. The number of carbonyl (C=O) groups is 1. The van der Waals surface area contributed by atoms with E-state index in [0.717, 1.165) is 0 Å². The van der Waals surface area contributed by atoms with Crippen molar-refractivity contribution in [2.45, 2.75) is 5.92 Å². The van der Waals surface area contributed by atoms with E-state index in [1.165, 1.54) is 0 Å². The summed E-state index contributed by atoms with van der Waals surface area (Å²) in [5, 5.41) is 6.60. The van der Waals surface area contributed by atoms with Crippen molar-refractivity contribution in [2.24, 2.45) is 0 Å². The van der Waals surface area contributed by atoms with Gasteiger partial charge in [-0.15, -0.1) is 0 Å². The van der Waals surface area contributed by atoms with E-state index in [1.807, 2.05) is 0 Å². The third-order valence-electron chi connectivity index (χ3n) is 0.895. The molecule has 0 fully saturated rings. The second-order valence-electron chi connectivity index (χ2n) is 1.77. The van der Waals surface area contributed by atoms with Crippen LogP contribution >= 0.6 is 11.6 Å². The van der Waals surface area contributed by atoms with Crippen LogP contribution in [0.4, 0.5) is 17.6 Å². The van der Waals surface area contributed by atoms with Crippen LogP contribution in [0.3, 0.4) is 0 Å². The predicted molar refractivity (Wildman–Crippen MR) is 32.5 cm³/mol. The van der Waals surface area contributed by atoms with Gasteiger partial charge in [0.25, 0.3) is 0 Å². The Labute approximate surface area is 69.4 Å². The van der Waals surface area contributed by atoms with Crippen LogP contribution in [0, 0.1) is 0 Å². The Kier molecular flexibility index (Phi) is 3.51. The minimum atomic E-state index is -4.32. The van der Waals surface area contributed by atoms with Gasteiger partial charge >= 0.3 is 12.0 Å². The topological polar surface area (TPSA) is 37.3 Å². The zero-order valence-electron chi connectivity index (χ0n) is 5.45. The molecule has 0 saturated carbocycles. The third kappa shape index (κ3) is 2.37. The molecule has 70 valence electrons. The van der Waals surface area contributed by atoms with Gasteiger partial charge in [0.2, 0.25) is 0 Å². The van der Waals surface area contributed by atoms with Crippen LogP contribution < -0.4 is 0 Å². The van der Waals surface area contributed by atoms with Crippen molar-refractivity contribution >= 4 is 17.6 Å². The monoisotopic (exact) mass is 206 g/mol. The van der Waals surface area contributed by atoms with Crippen LogP contribution in [-0.2, 0) is 4.79 Å². The molecule has 2 nitrogen and oxygen atoms in total. The lowest BCUT2D eigenvalue weighted by molar-refractivity contribution is -0.125. The van der Waals surface area contributed by atoms with Gasteiger partial charge in [-0.1, -0.05) is 11.6 Å². The number of hydrogen-bond acceptors (Lipinski definition) is 2. The quantitative estimate of drug-likeness (QED) is 0.332. The molecule has 0 aromatic carbocycles. The zero-order valence-corrected chi connectivity index (χ0v) is 6.21. The Morgan fingerprint density at radius 3 is 2.17 bits per heavy atom. The molecule has 0 spiro atoms. The van der Waals surface area contributed by atoms with Crippen molar-refractivity contribution in [2.75, 3.05) is 6.67 Å². The molecular weight excluding hydrogens is 203 g/mol. The second kappa shape index (κ2) is 3.75. The van der Waals surface area contributed by atoms with Gasteiger partial charge in [-0.3, -0.25) is 4.79 Å². The summed E-state index contributed by atoms with van der Waals surface area (Å²) in [6, 6.07) is -2.44. The van der Waals surface area contributed by atoms with E-state index in [-0.39, 0.29) is 0 Å². The van der Waals surface area contributed by atoms with Gasteiger partial charge in [-0.2, -0.15) is 13.2 Å². The van der Waals surface area contributed by atoms with Crippen molar-refractivity contribution in [3.63, 3.8) is 0 Å². The van der Waals surface area contributed by atoms with Gasteiger partial charge in [0.1, 0.15) is 0 Å². The van der Waals surface area contributed by atoms with Crippen molar-refractivity contribution in [3.05, 3.63) is 10.8 Å². The lowest BCUT2D eigenvalue weighted by Crippen LogP contribution is -2.23. The first-order valence-corrected chi connectivity index (χ1v) is 2.93. The molecule has 0 atom stereocenters. The van der Waals surface area contributed by atoms with Crippen LogP contribution in [0.25, 0.3) is 0 Å². The van der Waals surface area contributed by atoms with E-state index < -0.39 is 29.4 Å². The van der Waals surface area contributed by atoms with Gasteiger partial charge in [0.15, 0.2) is 17.5 Å². The molecule has 0 radical (unpaired) electrons. The SMILES string of the molecule is O=C(F)C(Cl)=C(O)C(F)(F)CF. The van der Waals surface area contributed by atoms with Crippen LogP contribution in [0.2, 0.25) is 0 Å². The number of aliphatic hydroxyl groups excluding tert-OH is 1. The average molecular weight is 207 g/mol. The normalized spacial score (nSPS) is 14.1. The van der Waals surface area contributed by atoms with E-state index in [1.54, 1.807) is 0 Å². The molecule has 0 amide bonds. The Balaban J connectivity index is 4.90. The van der Waals surface area contributed by atoms with Crippen molar-refractivity contribution in [1.82, 2.24) is 0 Å². The Morgan fingerprint density at radius 1 is 1.50 bits per heavy atom. The highest BCUT2D eigenvalue weighted by Crippen LogP contribution is 2.27. The van der Waals surface area contributed by atoms with E-state index >= 15 is 0 Å². The van der Waals surface area contributed by atoms with Crippen LogP contribution in [0.1, 0.15) is 0 Å². The van der Waals surface area contributed by atoms with Gasteiger partial charge in [-0.25, -0.2) is 4.39 Å². The molecule has 0 aliphatic heterocycles. The minimum absolute atomic E-state index is 1.71. The summed E-state index contributed by atoms with van der Waals surface area (Å²) in [6.07, 6.45) is 0. The first-order valence-electron chi connectivity index (χ1n) is 2.55. The van der Waals surface area contributed by atoms with Gasteiger partial charge in [0.05, 0.1) is 0 Å². The molecule has 7 heteroatoms. The highest BCUT2D eigenvalue weighted by molar-refractivity contribution is 6.41. The van der Waals surface area contributed by atoms with Gasteiger partial charge in [0, 0.05) is 0 Å². The predicted octanol–water partition coefficient (Wildman–Crippen LogP) is 2.10. The Bertz CT molecular complexity index is 225. The second-order valence-corrected chi connectivity index (χ2v) is 2.15. The lowest BCUT2D eigenvalue weighted by Gasteiger charge is -2.10. The molecule has 0 rings (SSSR count). The number of halogens is 5. The van der Waals surface area contributed by atoms with E-state index in [4.69, 9.17) is 5.11 Å². The Morgan fingerprint density at radius 2 is 1.92 bits per heavy atom. The standard InChI is InChI=1S/C5H3ClF4O2/c6-2(4(8)12)3(11)5(9,10)1-7/h11H,1H2. The number of rotatable bonds is 3. The van der Waals surface area contributed by atoms with Crippen LogP contribution in [-0.4, -0.2) is 23.7 Å². The summed E-state index contributed by atoms with van der Waals surface area (Å²) in [5.41, 5.74) is 0. The van der Waals surface area contributed by atoms with Gasteiger partial charge in [-0.05, 0) is 0 Å². The molecule has 0 unspecified atom stereocenters. The van der Waals surface area contributed by atoms with E-state index in [0.29, 0.717) is 0 Å². The molecule has 1 N–H and O–H groups in total. The summed E-state index contributed by atoms with van der Waals surface area (Å²) in [6.45, 7) is -2.26. The fraction of sp³-hybridized carbons (Fsp3) is 0.400. The molecule has 0 bridgehead atoms. The maximum atomic E-state index is 12.1. The summed E-state index contributed by atoms with van der Waals surface area (Å²) >= 11 is 4.59. The fourth-order valence-electron chi connectivity index (χ4n) is 0.317. The minimum Gasteiger partial charge on any atom is -0.505 e. The summed E-state index contributed by atoms with van der Waals surface area (Å²) in [7, 11) is 0. The smallest absolute Gasteiger partial charge is 0.347 e. The average Bonchev–Trinajstić information content (AvgIpc) is 2.01. The summed E-state index contributed by atoms with van der Waals surface area (Å²) < 4.78 is 47.1. The van der Waals surface area contributed by atoms with Crippen LogP contribution in [0.15, 0.2) is 10.8 Å². The van der Waals surface area contributed by atoms with E-state index in [2.05, 4.69) is 11.6 Å². The van der Waals surface area contributed by atoms with Crippen molar-refractivity contribution in [3.8, 4) is 0 Å². The molecular formula is C5H3ClF4O2. The summed E-state index contributed by atoms with van der Waals surface area (Å²) in [4.78, 5) is 9.68. The maximum absolute atomic E-state index is 12.1. The summed E-state index contributed by atoms with van der Waals surface area (Å²) in [5.74, 6) is -6.42. The number of aliphatic hydroxyl groups is 1. The molecule has 0 aromatic heterocycles. The number of hydrogen-bond donors (Lipinski definition) is 1. The number of alkyl halides is 3. The molecule has 0 aromatic rings. The van der Waals surface area contributed by atoms with Gasteiger partial charge < -0.3 is 5.11 Å². The molecule has 0 aliphatic carbocycles. The third-order valence-corrected chi connectivity index (χ3v) is 1.22. The maximum Gasteiger partial charge on any atom is 0.347 e. The first kappa shape index (κ1) is 11.2. The Hall–Kier alpha value is -0.780. The largest absolute Gasteiger partial charge is 0.505 e. The molecule has 12 heavy (non-hydrogen) atoms. The van der Waals surface area contributed by atoms with E-state index in [9.17, 15) is 22.4 Å². The number of allylic oxidation sites excluding steroid dienone is 2. The highest BCUT2D eigenvalue weighted by atomic mass is 35.5. The fourth-order valence-corrected chi connectivity index (χ4v) is 0.455. The highest BCUT2D eigenvalue weighted by Gasteiger charge is 2.38.